The molecule has 0 saturated heterocycles. The highest BCUT2D eigenvalue weighted by Gasteiger charge is 2.08. The second-order valence-corrected chi connectivity index (χ2v) is 5.75. The van der Waals surface area contributed by atoms with Crippen LogP contribution in [-0.4, -0.2) is 35.5 Å². The van der Waals surface area contributed by atoms with E-state index in [-0.39, 0.29) is 14.1 Å². The second-order valence-electron chi connectivity index (χ2n) is 4.24. The Morgan fingerprint density at radius 2 is 1.96 bits per heavy atom. The van der Waals surface area contributed by atoms with Gasteiger partial charge in [0, 0.05) is 12.7 Å². The minimum atomic E-state index is -0.723. The molecule has 2 amide bonds. The van der Waals surface area contributed by atoms with Gasteiger partial charge in [0.15, 0.2) is 5.52 Å². The average molecular weight is 366 g/mol. The molecule has 3 N–H and O–H groups in total. The molecule has 0 fully saturated rings. The molecule has 1 unspecified atom stereocenters. The van der Waals surface area contributed by atoms with Gasteiger partial charge in [-0.3, -0.25) is 9.80 Å². The lowest BCUT2D eigenvalue weighted by molar-refractivity contribution is -0.107. The van der Waals surface area contributed by atoms with Crippen LogP contribution in [0.5, 0.6) is 0 Å². The van der Waals surface area contributed by atoms with Crippen molar-refractivity contribution in [3.8, 4) is 0 Å². The topological polar surface area (TPSA) is 87.8 Å². The van der Waals surface area contributed by atoms with Gasteiger partial charge in [0.1, 0.15) is 0 Å². The van der Waals surface area contributed by atoms with Crippen molar-refractivity contribution in [1.82, 2.24) is 10.3 Å². The number of primary amides is 1. The monoisotopic (exact) mass is 366 g/mol. The quantitative estimate of drug-likeness (QED) is 0.203. The summed E-state index contributed by atoms with van der Waals surface area (Å²) in [7, 11) is 0.121. The lowest BCUT2D eigenvalue weighted by atomic mass is 10.3. The summed E-state index contributed by atoms with van der Waals surface area (Å²) in [5.41, 5.74) is 6.14. The highest BCUT2D eigenvalue weighted by molar-refractivity contribution is 7.59. The van der Waals surface area contributed by atoms with Crippen molar-refractivity contribution in [2.45, 2.75) is 34.6 Å². The average Bonchev–Trinajstić information content (AvgIpc) is 2.61. The van der Waals surface area contributed by atoms with Gasteiger partial charge >= 0.3 is 6.03 Å². The first kappa shape index (κ1) is 25.0. The van der Waals surface area contributed by atoms with E-state index in [2.05, 4.69) is 17.0 Å². The maximum atomic E-state index is 12.1. The Bertz CT molecular complexity index is 537. The maximum Gasteiger partial charge on any atom is 0.316 e. The van der Waals surface area contributed by atoms with Crippen molar-refractivity contribution in [3.63, 3.8) is 0 Å². The molecule has 140 valence electrons. The molecule has 0 aromatic heterocycles. The van der Waals surface area contributed by atoms with Crippen LogP contribution >= 0.6 is 8.58 Å². The highest BCUT2D eigenvalue weighted by atomic mass is 31.1. The fraction of sp³-hybridized carbons (Fsp3) is 0.389. The van der Waals surface area contributed by atoms with Gasteiger partial charge in [0.25, 0.3) is 0 Å². The predicted octanol–water partition coefficient (Wildman–Crippen LogP) is 3.74. The van der Waals surface area contributed by atoms with E-state index in [1.54, 1.807) is 11.1 Å². The summed E-state index contributed by atoms with van der Waals surface area (Å²) in [5, 5.41) is 8.38. The highest BCUT2D eigenvalue weighted by Crippen LogP contribution is 2.16. The van der Waals surface area contributed by atoms with Crippen LogP contribution in [0.1, 0.15) is 34.6 Å². The van der Waals surface area contributed by atoms with E-state index in [1.807, 2.05) is 52.8 Å². The summed E-state index contributed by atoms with van der Waals surface area (Å²) in [6.45, 7) is 14.0. The van der Waals surface area contributed by atoms with Crippen LogP contribution < -0.4 is 11.1 Å². The Morgan fingerprint density at radius 3 is 2.40 bits per heavy atom. The third kappa shape index (κ3) is 11.9. The van der Waals surface area contributed by atoms with Gasteiger partial charge in [0.2, 0.25) is 0 Å². The van der Waals surface area contributed by atoms with Gasteiger partial charge in [-0.1, -0.05) is 45.6 Å². The first-order valence-electron chi connectivity index (χ1n) is 8.31. The molecule has 0 radical (unpaired) electrons. The predicted molar refractivity (Wildman–Crippen MR) is 110 cm³/mol. The normalized spacial score (nSPS) is 12.4. The summed E-state index contributed by atoms with van der Waals surface area (Å²) in [5.74, 6) is 0. The van der Waals surface area contributed by atoms with E-state index in [4.69, 9.17) is 5.73 Å². The summed E-state index contributed by atoms with van der Waals surface area (Å²) in [4.78, 5) is 22.9. The van der Waals surface area contributed by atoms with Gasteiger partial charge in [-0.15, -0.1) is 0 Å². The summed E-state index contributed by atoms with van der Waals surface area (Å²) >= 11 is 0. The molecule has 7 heteroatoms. The lowest BCUT2D eigenvalue weighted by Crippen LogP contribution is -2.25. The number of nitrogens with one attached hydrogen (secondary N) is 1. The van der Waals surface area contributed by atoms with Gasteiger partial charge in [-0.05, 0) is 34.7 Å². The van der Waals surface area contributed by atoms with Crippen LogP contribution in [0.15, 0.2) is 53.5 Å². The molecule has 0 aromatic carbocycles. The molecule has 1 atom stereocenters. The molecule has 0 rings (SSSR count). The molecular formula is C18H31N4O2P. The number of hydrogen-bond donors (Lipinski definition) is 2. The molecule has 25 heavy (non-hydrogen) atoms. The van der Waals surface area contributed by atoms with Gasteiger partial charge in [-0.2, -0.15) is 5.10 Å². The minimum Gasteiger partial charge on any atom is -0.351 e. The van der Waals surface area contributed by atoms with Crippen molar-refractivity contribution < 1.29 is 9.59 Å². The summed E-state index contributed by atoms with van der Waals surface area (Å²) in [6.07, 6.45) is 10.7. The Morgan fingerprint density at radius 1 is 1.32 bits per heavy atom. The number of nitrogens with zero attached hydrogens (tertiary/aromatic N) is 2. The molecule has 0 bridgehead atoms. The first-order chi connectivity index (χ1) is 12.0. The van der Waals surface area contributed by atoms with Crippen LogP contribution in [0, 0.1) is 0 Å². The molecule has 0 saturated carbocycles. The van der Waals surface area contributed by atoms with E-state index in [0.29, 0.717) is 12.1 Å². The Kier molecular flexibility index (Phi) is 16.7. The summed E-state index contributed by atoms with van der Waals surface area (Å²) in [6, 6.07) is -0.723. The number of amides is 2. The molecule has 0 aromatic rings. The zero-order valence-corrected chi connectivity index (χ0v) is 16.9. The molecule has 6 nitrogen and oxygen atoms in total. The number of carbonyl (C=O) groups is 2. The fourth-order valence-corrected chi connectivity index (χ4v) is 2.20. The van der Waals surface area contributed by atoms with Crippen molar-refractivity contribution >= 4 is 26.4 Å². The zero-order valence-electron chi connectivity index (χ0n) is 15.9. The number of carbonyl (C=O) groups excluding carboxylic acids is 2. The Hall–Kier alpha value is -2.20. The number of hydrogen-bond acceptors (Lipinski definition) is 4. The molecular weight excluding hydrogens is 335 g/mol. The fourth-order valence-electron chi connectivity index (χ4n) is 1.53. The van der Waals surface area contributed by atoms with Crippen molar-refractivity contribution in [2.24, 2.45) is 10.8 Å². The van der Waals surface area contributed by atoms with E-state index >= 15 is 0 Å². The zero-order chi connectivity index (χ0) is 19.7. The lowest BCUT2D eigenvalue weighted by Gasteiger charge is -2.17. The smallest absolute Gasteiger partial charge is 0.316 e. The number of urea groups is 1. The van der Waals surface area contributed by atoms with Crippen molar-refractivity contribution in [3.05, 3.63) is 48.4 Å². The second kappa shape index (κ2) is 16.7. The van der Waals surface area contributed by atoms with Gasteiger partial charge < -0.3 is 11.1 Å². The van der Waals surface area contributed by atoms with E-state index in [9.17, 15) is 9.59 Å². The summed E-state index contributed by atoms with van der Waals surface area (Å²) < 4.78 is 0. The number of rotatable bonds is 10. The molecule has 0 aliphatic rings. The van der Waals surface area contributed by atoms with Crippen molar-refractivity contribution in [1.29, 1.82) is 0 Å². The van der Waals surface area contributed by atoms with Crippen LogP contribution in [0.2, 0.25) is 0 Å². The van der Waals surface area contributed by atoms with Crippen LogP contribution in [0.4, 0.5) is 4.79 Å². The minimum absolute atomic E-state index is 0.0790. The Balaban J connectivity index is 0. The third-order valence-electron chi connectivity index (χ3n) is 2.60. The maximum absolute atomic E-state index is 12.1. The van der Waals surface area contributed by atoms with Crippen LogP contribution in [0.25, 0.3) is 0 Å². The molecule has 0 heterocycles. The van der Waals surface area contributed by atoms with Crippen LogP contribution in [0.3, 0.4) is 0 Å². The van der Waals surface area contributed by atoms with Gasteiger partial charge in [0.05, 0.1) is 17.5 Å². The Labute approximate surface area is 153 Å². The van der Waals surface area contributed by atoms with Gasteiger partial charge in [-0.25, -0.2) is 4.79 Å². The van der Waals surface area contributed by atoms with Crippen LogP contribution in [-0.2, 0) is 4.79 Å². The van der Waals surface area contributed by atoms with E-state index < -0.39 is 6.03 Å². The number of nitrogens with two attached hydrogens (primary N) is 1. The number of allylic oxidation sites excluding steroid dienone is 5. The van der Waals surface area contributed by atoms with Crippen molar-refractivity contribution in [2.75, 3.05) is 12.7 Å². The third-order valence-corrected chi connectivity index (χ3v) is 3.57. The SMILES string of the molecule is C=C/C=C\C(=C/C)N(CC)/N=C\C(=C\NC(N)=O)C(=O)PCC.CC. The van der Waals surface area contributed by atoms with E-state index in [1.165, 1.54) is 12.4 Å². The standard InChI is InChI=1S/C16H25N4O2P.C2H6/c1-5-9-10-14(6-2)20(7-3)19-12-13(11-18-16(17)22)15(21)23-8-4;1-2/h5-6,9-12,23H,1,7-8H2,2-4H3,(H3,17,18,22);1-2H3/b10-9-,13-11-,14-6+,19-12-;. The molecule has 0 aliphatic carbocycles. The molecule has 0 spiro atoms. The molecule has 0 aliphatic heterocycles. The number of likely N-dealkylation sites (N-methyl/N-ethyl adjacent to an activating group) is 1. The first-order valence-corrected chi connectivity index (χ1v) is 9.52. The largest absolute Gasteiger partial charge is 0.351 e. The number of hydrazone groups is 1. The van der Waals surface area contributed by atoms with E-state index in [0.717, 1.165) is 11.9 Å².